The fraction of sp³-hybridized carbons (Fsp3) is 0.727. The summed E-state index contributed by atoms with van der Waals surface area (Å²) in [6.07, 6.45) is 3.99. The molecule has 0 aromatic carbocycles. The molecular weight excluding hydrogens is 162 g/mol. The van der Waals surface area contributed by atoms with E-state index in [-0.39, 0.29) is 0 Å². The highest BCUT2D eigenvalue weighted by Gasteiger charge is 2.43. The fourth-order valence-electron chi connectivity index (χ4n) is 1.79. The van der Waals surface area contributed by atoms with Crippen LogP contribution >= 0.6 is 0 Å². The second-order valence-corrected chi connectivity index (χ2v) is 3.64. The van der Waals surface area contributed by atoms with E-state index in [1.54, 1.807) is 0 Å². The van der Waals surface area contributed by atoms with Crippen LogP contribution in [-0.4, -0.2) is 23.9 Å². The molecule has 1 aliphatic rings. The Labute approximate surface area is 80.6 Å². The first-order valence-electron chi connectivity index (χ1n) is 5.14. The smallest absolute Gasteiger partial charge is 0.225 e. The average Bonchev–Trinajstić information content (AvgIpc) is 2.87. The van der Waals surface area contributed by atoms with Crippen molar-refractivity contribution in [3.8, 4) is 0 Å². The van der Waals surface area contributed by atoms with Crippen molar-refractivity contribution in [2.45, 2.75) is 26.7 Å². The van der Waals surface area contributed by atoms with Crippen LogP contribution in [0, 0.1) is 11.8 Å². The van der Waals surface area contributed by atoms with Crippen LogP contribution < -0.4 is 0 Å². The molecule has 2 nitrogen and oxygen atoms in total. The first-order valence-corrected chi connectivity index (χ1v) is 5.14. The quantitative estimate of drug-likeness (QED) is 0.594. The largest absolute Gasteiger partial charge is 0.343 e. The summed E-state index contributed by atoms with van der Waals surface area (Å²) in [4.78, 5) is 13.7. The first kappa shape index (κ1) is 10.3. The molecule has 1 fully saturated rings. The third-order valence-corrected chi connectivity index (χ3v) is 2.78. The van der Waals surface area contributed by atoms with Gasteiger partial charge < -0.3 is 4.90 Å². The zero-order valence-corrected chi connectivity index (χ0v) is 8.62. The van der Waals surface area contributed by atoms with Gasteiger partial charge in [0.05, 0.1) is 0 Å². The Hall–Kier alpha value is -0.790. The second kappa shape index (κ2) is 4.45. The molecule has 1 amide bonds. The molecule has 0 spiro atoms. The Kier molecular flexibility index (Phi) is 3.52. The highest BCUT2D eigenvalue weighted by molar-refractivity contribution is 5.81. The van der Waals surface area contributed by atoms with Crippen LogP contribution in [0.5, 0.6) is 0 Å². The van der Waals surface area contributed by atoms with Crippen LogP contribution in [0.25, 0.3) is 0 Å². The Morgan fingerprint density at radius 1 is 1.54 bits per heavy atom. The van der Waals surface area contributed by atoms with Crippen LogP contribution in [-0.2, 0) is 4.79 Å². The number of hydrogen-bond acceptors (Lipinski definition) is 1. The first-order chi connectivity index (χ1) is 6.24. The molecule has 0 N–H and O–H groups in total. The van der Waals surface area contributed by atoms with Crippen molar-refractivity contribution in [1.82, 2.24) is 4.90 Å². The highest BCUT2D eigenvalue weighted by Crippen LogP contribution is 2.42. The standard InChI is InChI=1S/C11H19NO/c1-4-7-9-8-10(9)11(13)12(5-2)6-3/h4,9-10H,1,5-8H2,2-3H3/t9-,10-/m0/s1. The molecule has 0 saturated heterocycles. The van der Waals surface area contributed by atoms with Crippen molar-refractivity contribution in [2.24, 2.45) is 11.8 Å². The molecule has 0 heterocycles. The molecule has 0 aliphatic heterocycles. The molecule has 2 heteroatoms. The summed E-state index contributed by atoms with van der Waals surface area (Å²) in [5.41, 5.74) is 0. The number of allylic oxidation sites excluding steroid dienone is 1. The molecule has 0 aromatic rings. The van der Waals surface area contributed by atoms with Gasteiger partial charge in [0.2, 0.25) is 5.91 Å². The summed E-state index contributed by atoms with van der Waals surface area (Å²) in [5.74, 6) is 1.24. The summed E-state index contributed by atoms with van der Waals surface area (Å²) in [7, 11) is 0. The molecule has 74 valence electrons. The van der Waals surface area contributed by atoms with E-state index in [0.717, 1.165) is 25.9 Å². The van der Waals surface area contributed by atoms with Gasteiger partial charge in [0.25, 0.3) is 0 Å². The Bertz CT molecular complexity index is 196. The minimum absolute atomic E-state index is 0.304. The molecule has 0 aromatic heterocycles. The van der Waals surface area contributed by atoms with Gasteiger partial charge in [-0.1, -0.05) is 6.08 Å². The van der Waals surface area contributed by atoms with Crippen molar-refractivity contribution < 1.29 is 4.79 Å². The van der Waals surface area contributed by atoms with Crippen molar-refractivity contribution >= 4 is 5.91 Å². The van der Waals surface area contributed by atoms with Gasteiger partial charge in [-0.15, -0.1) is 6.58 Å². The minimum atomic E-state index is 0.304. The summed E-state index contributed by atoms with van der Waals surface area (Å²) >= 11 is 0. The van der Waals surface area contributed by atoms with E-state index in [9.17, 15) is 4.79 Å². The lowest BCUT2D eigenvalue weighted by atomic mass is 10.2. The molecule has 1 rings (SSSR count). The fourth-order valence-corrected chi connectivity index (χ4v) is 1.79. The maximum absolute atomic E-state index is 11.7. The van der Waals surface area contributed by atoms with Crippen LogP contribution in [0.1, 0.15) is 26.7 Å². The minimum Gasteiger partial charge on any atom is -0.343 e. The third kappa shape index (κ3) is 2.33. The van der Waals surface area contributed by atoms with Gasteiger partial charge >= 0.3 is 0 Å². The highest BCUT2D eigenvalue weighted by atomic mass is 16.2. The number of hydrogen-bond donors (Lipinski definition) is 0. The van der Waals surface area contributed by atoms with E-state index < -0.39 is 0 Å². The predicted octanol–water partition coefficient (Wildman–Crippen LogP) is 2.07. The van der Waals surface area contributed by atoms with E-state index in [0.29, 0.717) is 17.7 Å². The van der Waals surface area contributed by atoms with Crippen LogP contribution in [0.15, 0.2) is 12.7 Å². The lowest BCUT2D eigenvalue weighted by molar-refractivity contribution is -0.132. The monoisotopic (exact) mass is 181 g/mol. The van der Waals surface area contributed by atoms with Crippen LogP contribution in [0.2, 0.25) is 0 Å². The van der Waals surface area contributed by atoms with Gasteiger partial charge in [-0.25, -0.2) is 0 Å². The van der Waals surface area contributed by atoms with Crippen LogP contribution in [0.3, 0.4) is 0 Å². The maximum Gasteiger partial charge on any atom is 0.225 e. The normalized spacial score (nSPS) is 25.4. The van der Waals surface area contributed by atoms with E-state index >= 15 is 0 Å². The topological polar surface area (TPSA) is 20.3 Å². The van der Waals surface area contributed by atoms with E-state index in [2.05, 4.69) is 6.58 Å². The molecule has 0 radical (unpaired) electrons. The number of carbonyl (C=O) groups excluding carboxylic acids is 1. The Balaban J connectivity index is 2.37. The van der Waals surface area contributed by atoms with Crippen molar-refractivity contribution in [1.29, 1.82) is 0 Å². The average molecular weight is 181 g/mol. The van der Waals surface area contributed by atoms with Gasteiger partial charge in [0.15, 0.2) is 0 Å². The summed E-state index contributed by atoms with van der Waals surface area (Å²) < 4.78 is 0. The summed E-state index contributed by atoms with van der Waals surface area (Å²) in [5, 5.41) is 0. The summed E-state index contributed by atoms with van der Waals surface area (Å²) in [6, 6.07) is 0. The van der Waals surface area contributed by atoms with E-state index in [1.165, 1.54) is 0 Å². The number of nitrogens with zero attached hydrogens (tertiary/aromatic N) is 1. The predicted molar refractivity (Wildman–Crippen MR) is 54.3 cm³/mol. The molecule has 1 aliphatic carbocycles. The molecule has 2 atom stereocenters. The number of rotatable bonds is 5. The van der Waals surface area contributed by atoms with Crippen molar-refractivity contribution in [2.75, 3.05) is 13.1 Å². The van der Waals surface area contributed by atoms with Gasteiger partial charge in [0, 0.05) is 19.0 Å². The lowest BCUT2D eigenvalue weighted by Crippen LogP contribution is -2.32. The Morgan fingerprint density at radius 3 is 2.62 bits per heavy atom. The van der Waals surface area contributed by atoms with Gasteiger partial charge in [-0.3, -0.25) is 4.79 Å². The molecule has 1 saturated carbocycles. The number of carbonyl (C=O) groups is 1. The molecule has 0 bridgehead atoms. The molecule has 13 heavy (non-hydrogen) atoms. The van der Waals surface area contributed by atoms with Gasteiger partial charge in [0.1, 0.15) is 0 Å². The zero-order chi connectivity index (χ0) is 9.84. The maximum atomic E-state index is 11.7. The lowest BCUT2D eigenvalue weighted by Gasteiger charge is -2.18. The SMILES string of the molecule is C=CC[C@H]1C[C@@H]1C(=O)N(CC)CC. The number of amides is 1. The van der Waals surface area contributed by atoms with E-state index in [1.807, 2.05) is 24.8 Å². The summed E-state index contributed by atoms with van der Waals surface area (Å²) in [6.45, 7) is 9.44. The van der Waals surface area contributed by atoms with Gasteiger partial charge in [-0.05, 0) is 32.6 Å². The third-order valence-electron chi connectivity index (χ3n) is 2.78. The van der Waals surface area contributed by atoms with Crippen molar-refractivity contribution in [3.63, 3.8) is 0 Å². The zero-order valence-electron chi connectivity index (χ0n) is 8.62. The van der Waals surface area contributed by atoms with Crippen molar-refractivity contribution in [3.05, 3.63) is 12.7 Å². The second-order valence-electron chi connectivity index (χ2n) is 3.64. The molecule has 0 unspecified atom stereocenters. The van der Waals surface area contributed by atoms with E-state index in [4.69, 9.17) is 0 Å². The van der Waals surface area contributed by atoms with Gasteiger partial charge in [-0.2, -0.15) is 0 Å². The molecular formula is C11H19NO. The van der Waals surface area contributed by atoms with Crippen LogP contribution in [0.4, 0.5) is 0 Å². The Morgan fingerprint density at radius 2 is 2.15 bits per heavy atom.